The van der Waals surface area contributed by atoms with Gasteiger partial charge in [0.2, 0.25) is 0 Å². The minimum atomic E-state index is -0.761. The molecular weight excluding hydrogens is 358 g/mol. The van der Waals surface area contributed by atoms with Crippen molar-refractivity contribution < 1.29 is 14.5 Å². The molecule has 0 fully saturated rings. The maximum atomic E-state index is 12.3. The summed E-state index contributed by atoms with van der Waals surface area (Å²) in [5.41, 5.74) is 3.41. The quantitative estimate of drug-likeness (QED) is 0.398. The Labute approximate surface area is 161 Å². The summed E-state index contributed by atoms with van der Waals surface area (Å²) in [6, 6.07) is 19.5. The Morgan fingerprint density at radius 3 is 2.57 bits per heavy atom. The summed E-state index contributed by atoms with van der Waals surface area (Å²) < 4.78 is 5.70. The lowest BCUT2D eigenvalue weighted by molar-refractivity contribution is -0.384. The molecule has 3 rings (SSSR count). The highest BCUT2D eigenvalue weighted by Crippen LogP contribution is 2.21. The lowest BCUT2D eigenvalue weighted by Gasteiger charge is -2.14. The topological polar surface area (TPSA) is 93.8 Å². The van der Waals surface area contributed by atoms with E-state index in [4.69, 9.17) is 4.74 Å². The molecule has 3 aromatic rings. The van der Waals surface area contributed by atoms with Gasteiger partial charge in [-0.2, -0.15) is 5.10 Å². The minimum absolute atomic E-state index is 0.0358. The fourth-order valence-corrected chi connectivity index (χ4v) is 2.64. The molecule has 1 N–H and O–H groups in total. The van der Waals surface area contributed by atoms with E-state index in [-0.39, 0.29) is 5.69 Å². The number of rotatable bonds is 6. The van der Waals surface area contributed by atoms with Crippen LogP contribution in [0.25, 0.3) is 10.8 Å². The monoisotopic (exact) mass is 377 g/mol. The first-order chi connectivity index (χ1) is 13.4. The summed E-state index contributed by atoms with van der Waals surface area (Å²) >= 11 is 0. The molecule has 0 radical (unpaired) electrons. The first-order valence-corrected chi connectivity index (χ1v) is 8.68. The predicted molar refractivity (Wildman–Crippen MR) is 107 cm³/mol. The zero-order valence-electron chi connectivity index (χ0n) is 15.5. The standard InChI is InChI=1S/C21H19N3O4/c1-14(17-8-5-9-19(12-17)24(26)27)22-23-21(25)15(2)28-20-11-10-16-6-3-4-7-18(16)13-20/h3-13,15H,1-2H3,(H,23,25). The molecule has 1 unspecified atom stereocenters. The zero-order chi connectivity index (χ0) is 20.1. The van der Waals surface area contributed by atoms with Gasteiger partial charge in [-0.1, -0.05) is 42.5 Å². The smallest absolute Gasteiger partial charge is 0.280 e. The minimum Gasteiger partial charge on any atom is -0.481 e. The van der Waals surface area contributed by atoms with E-state index >= 15 is 0 Å². The van der Waals surface area contributed by atoms with Crippen LogP contribution in [0.1, 0.15) is 19.4 Å². The number of nitro benzene ring substituents is 1. The van der Waals surface area contributed by atoms with Crippen molar-refractivity contribution in [3.8, 4) is 5.75 Å². The molecule has 0 aliphatic carbocycles. The summed E-state index contributed by atoms with van der Waals surface area (Å²) in [7, 11) is 0. The van der Waals surface area contributed by atoms with Crippen LogP contribution in [-0.4, -0.2) is 22.6 Å². The van der Waals surface area contributed by atoms with Crippen LogP contribution in [0.2, 0.25) is 0 Å². The van der Waals surface area contributed by atoms with Crippen LogP contribution >= 0.6 is 0 Å². The number of amides is 1. The number of carbonyl (C=O) groups excluding carboxylic acids is 1. The van der Waals surface area contributed by atoms with Crippen molar-refractivity contribution in [1.29, 1.82) is 0 Å². The average molecular weight is 377 g/mol. The number of hydrogen-bond donors (Lipinski definition) is 1. The van der Waals surface area contributed by atoms with E-state index in [0.29, 0.717) is 17.0 Å². The summed E-state index contributed by atoms with van der Waals surface area (Å²) in [4.78, 5) is 22.7. The number of nitrogens with one attached hydrogen (secondary N) is 1. The molecule has 0 aliphatic rings. The van der Waals surface area contributed by atoms with Gasteiger partial charge in [-0.05, 0) is 36.8 Å². The highest BCUT2D eigenvalue weighted by Gasteiger charge is 2.15. The number of fused-ring (bicyclic) bond motifs is 1. The van der Waals surface area contributed by atoms with E-state index < -0.39 is 16.9 Å². The maximum Gasteiger partial charge on any atom is 0.280 e. The fourth-order valence-electron chi connectivity index (χ4n) is 2.64. The van der Waals surface area contributed by atoms with Crippen molar-refractivity contribution in [2.75, 3.05) is 0 Å². The van der Waals surface area contributed by atoms with Crippen LogP contribution in [0.15, 0.2) is 71.8 Å². The van der Waals surface area contributed by atoms with Crippen molar-refractivity contribution in [3.63, 3.8) is 0 Å². The maximum absolute atomic E-state index is 12.3. The van der Waals surface area contributed by atoms with E-state index in [0.717, 1.165) is 10.8 Å². The molecule has 0 bridgehead atoms. The summed E-state index contributed by atoms with van der Waals surface area (Å²) in [6.07, 6.45) is -0.761. The Balaban J connectivity index is 1.65. The fraction of sp³-hybridized carbons (Fsp3) is 0.143. The molecule has 142 valence electrons. The van der Waals surface area contributed by atoms with Crippen molar-refractivity contribution in [1.82, 2.24) is 5.43 Å². The van der Waals surface area contributed by atoms with Crippen LogP contribution < -0.4 is 10.2 Å². The molecule has 0 saturated heterocycles. The zero-order valence-corrected chi connectivity index (χ0v) is 15.5. The molecule has 3 aromatic carbocycles. The van der Waals surface area contributed by atoms with Gasteiger partial charge in [0.15, 0.2) is 6.10 Å². The van der Waals surface area contributed by atoms with Gasteiger partial charge in [-0.3, -0.25) is 14.9 Å². The van der Waals surface area contributed by atoms with Crippen LogP contribution in [0.3, 0.4) is 0 Å². The number of ether oxygens (including phenoxy) is 1. The van der Waals surface area contributed by atoms with Crippen LogP contribution in [0.5, 0.6) is 5.75 Å². The molecule has 1 atom stereocenters. The molecule has 0 aromatic heterocycles. The second kappa shape index (κ2) is 8.30. The Bertz CT molecular complexity index is 1060. The summed E-state index contributed by atoms with van der Waals surface area (Å²) in [5, 5.41) is 17.0. The Hall–Kier alpha value is -3.74. The number of hydrogen-bond acceptors (Lipinski definition) is 5. The number of benzene rings is 3. The van der Waals surface area contributed by atoms with Crippen molar-refractivity contribution in [2.45, 2.75) is 20.0 Å². The van der Waals surface area contributed by atoms with Crippen LogP contribution in [0, 0.1) is 10.1 Å². The third kappa shape index (κ3) is 4.50. The second-order valence-corrected chi connectivity index (χ2v) is 6.25. The number of nitrogens with zero attached hydrogens (tertiary/aromatic N) is 2. The highest BCUT2D eigenvalue weighted by molar-refractivity contribution is 5.99. The average Bonchev–Trinajstić information content (AvgIpc) is 2.71. The second-order valence-electron chi connectivity index (χ2n) is 6.25. The van der Waals surface area contributed by atoms with Gasteiger partial charge >= 0.3 is 0 Å². The van der Waals surface area contributed by atoms with Gasteiger partial charge in [0.1, 0.15) is 5.75 Å². The Morgan fingerprint density at radius 1 is 1.07 bits per heavy atom. The van der Waals surface area contributed by atoms with Gasteiger partial charge in [-0.15, -0.1) is 0 Å². The number of non-ortho nitro benzene ring substituents is 1. The van der Waals surface area contributed by atoms with E-state index in [9.17, 15) is 14.9 Å². The normalized spacial score (nSPS) is 12.4. The molecule has 7 heteroatoms. The molecule has 0 spiro atoms. The SMILES string of the molecule is CC(=NNC(=O)C(C)Oc1ccc2ccccc2c1)c1cccc([N+](=O)[O-])c1. The first kappa shape index (κ1) is 19.0. The Morgan fingerprint density at radius 2 is 1.82 bits per heavy atom. The molecule has 1 amide bonds. The van der Waals surface area contributed by atoms with Gasteiger partial charge in [0.05, 0.1) is 10.6 Å². The molecule has 7 nitrogen and oxygen atoms in total. The summed E-state index contributed by atoms with van der Waals surface area (Å²) in [6.45, 7) is 3.29. The molecule has 0 saturated carbocycles. The third-order valence-corrected chi connectivity index (χ3v) is 4.21. The van der Waals surface area contributed by atoms with Gasteiger partial charge < -0.3 is 4.74 Å². The third-order valence-electron chi connectivity index (χ3n) is 4.21. The summed E-state index contributed by atoms with van der Waals surface area (Å²) in [5.74, 6) is 0.165. The Kier molecular flexibility index (Phi) is 5.64. The van der Waals surface area contributed by atoms with Crippen LogP contribution in [-0.2, 0) is 4.79 Å². The molecule has 0 heterocycles. The van der Waals surface area contributed by atoms with E-state index in [1.54, 1.807) is 26.0 Å². The molecule has 28 heavy (non-hydrogen) atoms. The van der Waals surface area contributed by atoms with Gasteiger partial charge in [0, 0.05) is 17.7 Å². The van der Waals surface area contributed by atoms with E-state index in [1.165, 1.54) is 12.1 Å². The lowest BCUT2D eigenvalue weighted by Crippen LogP contribution is -2.33. The number of nitro groups is 1. The largest absolute Gasteiger partial charge is 0.481 e. The van der Waals surface area contributed by atoms with E-state index in [1.807, 2.05) is 42.5 Å². The molecular formula is C21H19N3O4. The molecule has 0 aliphatic heterocycles. The van der Waals surface area contributed by atoms with Crippen molar-refractivity contribution >= 4 is 28.1 Å². The number of carbonyl (C=O) groups is 1. The van der Waals surface area contributed by atoms with E-state index in [2.05, 4.69) is 10.5 Å². The van der Waals surface area contributed by atoms with Gasteiger partial charge in [-0.25, -0.2) is 5.43 Å². The number of hydrazone groups is 1. The highest BCUT2D eigenvalue weighted by atomic mass is 16.6. The predicted octanol–water partition coefficient (Wildman–Crippen LogP) is 4.06. The van der Waals surface area contributed by atoms with Gasteiger partial charge in [0.25, 0.3) is 11.6 Å². The van der Waals surface area contributed by atoms with Crippen molar-refractivity contribution in [2.24, 2.45) is 5.10 Å². The lowest BCUT2D eigenvalue weighted by atomic mass is 10.1. The van der Waals surface area contributed by atoms with Crippen molar-refractivity contribution in [3.05, 3.63) is 82.4 Å². The van der Waals surface area contributed by atoms with Crippen LogP contribution in [0.4, 0.5) is 5.69 Å². The first-order valence-electron chi connectivity index (χ1n) is 8.68.